The number of hydrogen-bond acceptors (Lipinski definition) is 2. The molecule has 1 aliphatic rings. The zero-order valence-corrected chi connectivity index (χ0v) is 13.1. The fraction of sp³-hybridized carbons (Fsp3) is 0.647. The van der Waals surface area contributed by atoms with Crippen molar-refractivity contribution in [2.24, 2.45) is 5.41 Å². The summed E-state index contributed by atoms with van der Waals surface area (Å²) in [6, 6.07) is 7.62. The molecule has 1 saturated carbocycles. The average molecular weight is 260 g/mol. The van der Waals surface area contributed by atoms with Crippen LogP contribution in [0.25, 0.3) is 0 Å². The molecule has 0 aliphatic heterocycles. The van der Waals surface area contributed by atoms with Crippen molar-refractivity contribution >= 4 is 5.69 Å². The van der Waals surface area contributed by atoms with Crippen molar-refractivity contribution in [3.63, 3.8) is 0 Å². The van der Waals surface area contributed by atoms with Gasteiger partial charge in [-0.2, -0.15) is 0 Å². The number of hydrogen-bond donors (Lipinski definition) is 1. The van der Waals surface area contributed by atoms with Crippen LogP contribution < -0.4 is 10.2 Å². The number of rotatable bonds is 5. The highest BCUT2D eigenvalue weighted by atomic mass is 15.1. The number of anilines is 1. The molecule has 1 N–H and O–H groups in total. The van der Waals surface area contributed by atoms with Gasteiger partial charge in [0.2, 0.25) is 0 Å². The Morgan fingerprint density at radius 1 is 1.26 bits per heavy atom. The van der Waals surface area contributed by atoms with Gasteiger partial charge in [-0.25, -0.2) is 0 Å². The van der Waals surface area contributed by atoms with Gasteiger partial charge in [0.25, 0.3) is 0 Å². The Kier molecular flexibility index (Phi) is 4.19. The molecule has 0 radical (unpaired) electrons. The van der Waals surface area contributed by atoms with E-state index in [0.29, 0.717) is 5.41 Å². The molecular formula is C17H28N2. The lowest BCUT2D eigenvalue weighted by Gasteiger charge is -2.28. The minimum absolute atomic E-state index is 0.328. The molecule has 1 fully saturated rings. The van der Waals surface area contributed by atoms with Crippen LogP contribution in [0.1, 0.15) is 44.7 Å². The molecule has 0 saturated heterocycles. The minimum Gasteiger partial charge on any atom is -0.374 e. The van der Waals surface area contributed by atoms with Crippen LogP contribution in [0.3, 0.4) is 0 Å². The van der Waals surface area contributed by atoms with Gasteiger partial charge in [0.15, 0.2) is 0 Å². The van der Waals surface area contributed by atoms with E-state index in [4.69, 9.17) is 0 Å². The van der Waals surface area contributed by atoms with E-state index in [1.807, 2.05) is 0 Å². The van der Waals surface area contributed by atoms with Gasteiger partial charge in [0.05, 0.1) is 0 Å². The first-order valence-corrected chi connectivity index (χ1v) is 7.39. The summed E-state index contributed by atoms with van der Waals surface area (Å²) in [5.74, 6) is 0. The molecule has 0 atom stereocenters. The zero-order chi connectivity index (χ0) is 14.0. The summed E-state index contributed by atoms with van der Waals surface area (Å²) in [5, 5.41) is 3.59. The van der Waals surface area contributed by atoms with Gasteiger partial charge in [-0.1, -0.05) is 26.8 Å². The Morgan fingerprint density at radius 2 is 1.95 bits per heavy atom. The van der Waals surface area contributed by atoms with Crippen molar-refractivity contribution in [2.75, 3.05) is 18.5 Å². The van der Waals surface area contributed by atoms with Crippen LogP contribution in [0.4, 0.5) is 5.69 Å². The predicted molar refractivity (Wildman–Crippen MR) is 83.8 cm³/mol. The van der Waals surface area contributed by atoms with Crippen LogP contribution in [-0.2, 0) is 6.54 Å². The molecule has 2 rings (SSSR count). The minimum atomic E-state index is 0.328. The van der Waals surface area contributed by atoms with Gasteiger partial charge in [-0.3, -0.25) is 0 Å². The van der Waals surface area contributed by atoms with E-state index < -0.39 is 0 Å². The summed E-state index contributed by atoms with van der Waals surface area (Å²) in [4.78, 5) is 2.35. The molecule has 1 aliphatic carbocycles. The number of nitrogens with one attached hydrogen (secondary N) is 1. The predicted octanol–water partition coefficient (Wildman–Crippen LogP) is 3.73. The average Bonchev–Trinajstić information content (AvgIpc) is 3.08. The molecule has 0 heterocycles. The van der Waals surface area contributed by atoms with Crippen LogP contribution in [0, 0.1) is 12.3 Å². The summed E-state index contributed by atoms with van der Waals surface area (Å²) in [6.45, 7) is 11.2. The lowest BCUT2D eigenvalue weighted by Crippen LogP contribution is -2.29. The SMILES string of the molecule is Cc1cc(N(C)CC(C)(C)C)ccc1CNC1CC1. The van der Waals surface area contributed by atoms with Crippen molar-refractivity contribution in [3.05, 3.63) is 29.3 Å². The summed E-state index contributed by atoms with van der Waals surface area (Å²) < 4.78 is 0. The normalized spacial score (nSPS) is 15.6. The number of benzene rings is 1. The first kappa shape index (κ1) is 14.4. The van der Waals surface area contributed by atoms with Crippen molar-refractivity contribution < 1.29 is 0 Å². The molecule has 1 aromatic rings. The van der Waals surface area contributed by atoms with Gasteiger partial charge in [0.1, 0.15) is 0 Å². The zero-order valence-electron chi connectivity index (χ0n) is 13.1. The van der Waals surface area contributed by atoms with E-state index in [-0.39, 0.29) is 0 Å². The molecule has 1 aromatic carbocycles. The fourth-order valence-electron chi connectivity index (χ4n) is 2.46. The maximum Gasteiger partial charge on any atom is 0.0366 e. The van der Waals surface area contributed by atoms with Gasteiger partial charge >= 0.3 is 0 Å². The lowest BCUT2D eigenvalue weighted by molar-refractivity contribution is 0.419. The van der Waals surface area contributed by atoms with Crippen LogP contribution in [0.2, 0.25) is 0 Å². The molecule has 0 unspecified atom stereocenters. The maximum absolute atomic E-state index is 3.59. The van der Waals surface area contributed by atoms with Gasteiger partial charge in [-0.15, -0.1) is 0 Å². The summed E-state index contributed by atoms with van der Waals surface area (Å²) >= 11 is 0. The number of nitrogens with zero attached hydrogens (tertiary/aromatic N) is 1. The molecule has 2 heteroatoms. The largest absolute Gasteiger partial charge is 0.374 e. The molecule has 106 valence electrons. The smallest absolute Gasteiger partial charge is 0.0366 e. The van der Waals surface area contributed by atoms with Gasteiger partial charge < -0.3 is 10.2 Å². The van der Waals surface area contributed by atoms with Crippen LogP contribution >= 0.6 is 0 Å². The molecular weight excluding hydrogens is 232 g/mol. The third-order valence-corrected chi connectivity index (χ3v) is 3.64. The number of aryl methyl sites for hydroxylation is 1. The fourth-order valence-corrected chi connectivity index (χ4v) is 2.46. The van der Waals surface area contributed by atoms with Crippen molar-refractivity contribution in [2.45, 2.75) is 53.1 Å². The van der Waals surface area contributed by atoms with E-state index >= 15 is 0 Å². The van der Waals surface area contributed by atoms with Crippen LogP contribution in [0.15, 0.2) is 18.2 Å². The second-order valence-corrected chi connectivity index (χ2v) is 7.18. The van der Waals surface area contributed by atoms with Gasteiger partial charge in [0, 0.05) is 31.9 Å². The highest BCUT2D eigenvalue weighted by molar-refractivity contribution is 5.50. The van der Waals surface area contributed by atoms with Crippen LogP contribution in [0.5, 0.6) is 0 Å². The summed E-state index contributed by atoms with van der Waals surface area (Å²) in [6.07, 6.45) is 2.71. The first-order valence-electron chi connectivity index (χ1n) is 7.39. The third-order valence-electron chi connectivity index (χ3n) is 3.64. The third kappa shape index (κ3) is 4.54. The van der Waals surface area contributed by atoms with Crippen molar-refractivity contribution in [1.82, 2.24) is 5.32 Å². The molecule has 0 spiro atoms. The molecule has 0 bridgehead atoms. The quantitative estimate of drug-likeness (QED) is 0.868. The maximum atomic E-state index is 3.59. The molecule has 0 aromatic heterocycles. The van der Waals surface area contributed by atoms with Crippen LogP contribution in [-0.4, -0.2) is 19.6 Å². The Balaban J connectivity index is 2.00. The monoisotopic (exact) mass is 260 g/mol. The second-order valence-electron chi connectivity index (χ2n) is 7.18. The molecule has 0 amide bonds. The summed E-state index contributed by atoms with van der Waals surface area (Å²) in [7, 11) is 2.18. The standard InChI is InChI=1S/C17H28N2/c1-13-10-16(19(5)12-17(2,3)4)9-6-14(13)11-18-15-7-8-15/h6,9-10,15,18H,7-8,11-12H2,1-5H3. The Bertz CT molecular complexity index is 427. The van der Waals surface area contributed by atoms with E-state index in [1.165, 1.54) is 29.7 Å². The van der Waals surface area contributed by atoms with E-state index in [1.54, 1.807) is 0 Å². The van der Waals surface area contributed by atoms with Gasteiger partial charge in [-0.05, 0) is 48.4 Å². The van der Waals surface area contributed by atoms with Crippen molar-refractivity contribution in [3.8, 4) is 0 Å². The Morgan fingerprint density at radius 3 is 2.47 bits per heavy atom. The van der Waals surface area contributed by atoms with Crippen molar-refractivity contribution in [1.29, 1.82) is 0 Å². The second kappa shape index (κ2) is 5.54. The Labute approximate surface area is 118 Å². The highest BCUT2D eigenvalue weighted by Gasteiger charge is 2.20. The Hall–Kier alpha value is -1.02. The topological polar surface area (TPSA) is 15.3 Å². The molecule has 19 heavy (non-hydrogen) atoms. The first-order chi connectivity index (χ1) is 8.85. The highest BCUT2D eigenvalue weighted by Crippen LogP contribution is 2.24. The van der Waals surface area contributed by atoms with E-state index in [2.05, 4.69) is 63.2 Å². The summed E-state index contributed by atoms with van der Waals surface area (Å²) in [5.41, 5.74) is 4.48. The molecule has 2 nitrogen and oxygen atoms in total. The van der Waals surface area contributed by atoms with E-state index in [0.717, 1.165) is 19.1 Å². The van der Waals surface area contributed by atoms with E-state index in [9.17, 15) is 0 Å². The lowest BCUT2D eigenvalue weighted by atomic mass is 9.96.